The lowest BCUT2D eigenvalue weighted by atomic mass is 9.98. The van der Waals surface area contributed by atoms with Gasteiger partial charge >= 0.3 is 0 Å². The van der Waals surface area contributed by atoms with Crippen LogP contribution in [0.5, 0.6) is 23.0 Å². The molecule has 0 atom stereocenters. The summed E-state index contributed by atoms with van der Waals surface area (Å²) in [6, 6.07) is 41.4. The first-order valence-electron chi connectivity index (χ1n) is 15.3. The molecular weight excluding hydrogens is 600 g/mol. The highest BCUT2D eigenvalue weighted by atomic mass is 16.5. The van der Waals surface area contributed by atoms with Gasteiger partial charge in [-0.15, -0.1) is 0 Å². The predicted octanol–water partition coefficient (Wildman–Crippen LogP) is 9.48. The summed E-state index contributed by atoms with van der Waals surface area (Å²) < 4.78 is 11.8. The number of ketones is 4. The fourth-order valence-corrected chi connectivity index (χ4v) is 5.03. The first-order chi connectivity index (χ1) is 23.2. The largest absolute Gasteiger partial charge is 0.457 e. The Hall–Kier alpha value is -6.40. The number of aryl methyl sites for hydroxylation is 1. The zero-order valence-corrected chi connectivity index (χ0v) is 26.3. The number of carbonyl (C=O) groups excluding carboxylic acids is 4. The molecule has 6 aromatic carbocycles. The van der Waals surface area contributed by atoms with Crippen LogP contribution >= 0.6 is 0 Å². The summed E-state index contributed by atoms with van der Waals surface area (Å²) in [6.45, 7) is 3.48. The van der Waals surface area contributed by atoms with Crippen LogP contribution in [0, 0.1) is 6.92 Å². The van der Waals surface area contributed by atoms with Crippen LogP contribution in [0.15, 0.2) is 146 Å². The predicted molar refractivity (Wildman–Crippen MR) is 184 cm³/mol. The van der Waals surface area contributed by atoms with Crippen LogP contribution in [0.25, 0.3) is 0 Å². The molecule has 0 fully saturated rings. The molecular formula is C42H30O6. The van der Waals surface area contributed by atoms with Gasteiger partial charge in [-0.05, 0) is 111 Å². The van der Waals surface area contributed by atoms with Crippen LogP contribution in [-0.4, -0.2) is 23.1 Å². The molecule has 6 heteroatoms. The number of benzene rings is 6. The van der Waals surface area contributed by atoms with Crippen molar-refractivity contribution in [2.75, 3.05) is 0 Å². The molecule has 0 saturated carbocycles. The van der Waals surface area contributed by atoms with Gasteiger partial charge in [0.2, 0.25) is 0 Å². The van der Waals surface area contributed by atoms with Crippen molar-refractivity contribution >= 4 is 23.1 Å². The van der Waals surface area contributed by atoms with E-state index in [0.29, 0.717) is 61.9 Å². The van der Waals surface area contributed by atoms with E-state index in [1.54, 1.807) is 133 Å². The van der Waals surface area contributed by atoms with Gasteiger partial charge in [-0.3, -0.25) is 19.2 Å². The van der Waals surface area contributed by atoms with Crippen molar-refractivity contribution in [1.29, 1.82) is 0 Å². The second kappa shape index (κ2) is 13.9. The lowest BCUT2D eigenvalue weighted by Crippen LogP contribution is -2.04. The van der Waals surface area contributed by atoms with E-state index in [9.17, 15) is 19.2 Å². The van der Waals surface area contributed by atoms with Crippen molar-refractivity contribution in [3.63, 3.8) is 0 Å². The molecule has 0 aromatic heterocycles. The molecule has 6 rings (SSSR count). The SMILES string of the molecule is CC(=O)c1ccc(Oc2ccc(C(=O)c3ccc(Oc4ccc(C(=O)c5ccc(C(=O)c6ccc(C)cc6)cc5)cc4)cc3)cc2)cc1. The molecule has 234 valence electrons. The monoisotopic (exact) mass is 630 g/mol. The highest BCUT2D eigenvalue weighted by molar-refractivity contribution is 6.12. The number of carbonyl (C=O) groups is 4. The normalized spacial score (nSPS) is 10.6. The van der Waals surface area contributed by atoms with Crippen LogP contribution in [0.4, 0.5) is 0 Å². The minimum absolute atomic E-state index is 0.0135. The van der Waals surface area contributed by atoms with Gasteiger partial charge in [-0.25, -0.2) is 0 Å². The van der Waals surface area contributed by atoms with E-state index in [-0.39, 0.29) is 23.1 Å². The molecule has 0 amide bonds. The van der Waals surface area contributed by atoms with E-state index in [0.717, 1.165) is 5.56 Å². The average molecular weight is 631 g/mol. The Morgan fingerprint density at radius 1 is 0.333 bits per heavy atom. The molecule has 6 nitrogen and oxygen atoms in total. The molecule has 0 spiro atoms. The molecule has 6 aromatic rings. The fraction of sp³-hybridized carbons (Fsp3) is 0.0476. The third-order valence-electron chi connectivity index (χ3n) is 7.80. The lowest BCUT2D eigenvalue weighted by Gasteiger charge is -2.09. The molecule has 0 bridgehead atoms. The summed E-state index contributed by atoms with van der Waals surface area (Å²) >= 11 is 0. The fourth-order valence-electron chi connectivity index (χ4n) is 5.03. The molecule has 0 aliphatic heterocycles. The van der Waals surface area contributed by atoms with E-state index < -0.39 is 0 Å². The van der Waals surface area contributed by atoms with Crippen LogP contribution < -0.4 is 9.47 Å². The van der Waals surface area contributed by atoms with Crippen molar-refractivity contribution in [3.05, 3.63) is 190 Å². The smallest absolute Gasteiger partial charge is 0.193 e. The molecule has 0 saturated heterocycles. The number of Topliss-reactive ketones (excluding diaryl/α,β-unsaturated/α-hetero) is 1. The number of rotatable bonds is 11. The summed E-state index contributed by atoms with van der Waals surface area (Å²) in [4.78, 5) is 50.4. The third kappa shape index (κ3) is 7.35. The van der Waals surface area contributed by atoms with Crippen molar-refractivity contribution in [1.82, 2.24) is 0 Å². The summed E-state index contributed by atoms with van der Waals surface area (Å²) in [5, 5.41) is 0. The summed E-state index contributed by atoms with van der Waals surface area (Å²) in [6.07, 6.45) is 0. The maximum absolute atomic E-state index is 13.1. The highest BCUT2D eigenvalue weighted by Gasteiger charge is 2.14. The Morgan fingerprint density at radius 2 is 0.542 bits per heavy atom. The first kappa shape index (κ1) is 31.6. The summed E-state index contributed by atoms with van der Waals surface area (Å²) in [5.74, 6) is 1.82. The van der Waals surface area contributed by atoms with Crippen molar-refractivity contribution < 1.29 is 28.7 Å². The van der Waals surface area contributed by atoms with Gasteiger partial charge in [0, 0.05) is 38.9 Å². The quantitative estimate of drug-likeness (QED) is 0.133. The minimum Gasteiger partial charge on any atom is -0.457 e. The number of hydrogen-bond acceptors (Lipinski definition) is 6. The zero-order valence-electron chi connectivity index (χ0n) is 26.3. The van der Waals surface area contributed by atoms with E-state index in [1.807, 2.05) is 19.1 Å². The maximum atomic E-state index is 13.1. The van der Waals surface area contributed by atoms with Gasteiger partial charge < -0.3 is 9.47 Å². The Labute approximate surface area is 278 Å². The van der Waals surface area contributed by atoms with E-state index in [2.05, 4.69) is 0 Å². The number of ether oxygens (including phenoxy) is 2. The maximum Gasteiger partial charge on any atom is 0.193 e. The molecule has 0 aliphatic carbocycles. The van der Waals surface area contributed by atoms with Crippen LogP contribution in [0.2, 0.25) is 0 Å². The van der Waals surface area contributed by atoms with Crippen molar-refractivity contribution in [2.45, 2.75) is 13.8 Å². The Balaban J connectivity index is 1.04. The summed E-state index contributed by atoms with van der Waals surface area (Å²) in [7, 11) is 0. The highest BCUT2D eigenvalue weighted by Crippen LogP contribution is 2.26. The van der Waals surface area contributed by atoms with E-state index in [1.165, 1.54) is 6.92 Å². The molecule has 48 heavy (non-hydrogen) atoms. The minimum atomic E-state index is -0.165. The Kier molecular flexibility index (Phi) is 9.17. The van der Waals surface area contributed by atoms with Gasteiger partial charge in [0.05, 0.1) is 0 Å². The van der Waals surface area contributed by atoms with Gasteiger partial charge in [0.1, 0.15) is 23.0 Å². The standard InChI is InChI=1S/C42H30O6/c1-27-3-5-30(6-4-27)40(44)31-7-9-32(10-8-31)41(45)33-13-21-38(22-14-33)48-39-25-17-35(18-26-39)42(46)34-15-23-37(24-16-34)47-36-19-11-29(12-20-36)28(2)43/h3-26H,1-2H3. The number of hydrogen-bond donors (Lipinski definition) is 0. The van der Waals surface area contributed by atoms with Gasteiger partial charge in [0.15, 0.2) is 23.1 Å². The van der Waals surface area contributed by atoms with Gasteiger partial charge in [-0.1, -0.05) is 54.1 Å². The van der Waals surface area contributed by atoms with Crippen LogP contribution in [0.1, 0.15) is 70.6 Å². The zero-order chi connectivity index (χ0) is 33.6. The molecule has 0 aliphatic rings. The Bertz CT molecular complexity index is 2090. The van der Waals surface area contributed by atoms with E-state index >= 15 is 0 Å². The van der Waals surface area contributed by atoms with Crippen molar-refractivity contribution in [3.8, 4) is 23.0 Å². The second-order valence-corrected chi connectivity index (χ2v) is 11.3. The van der Waals surface area contributed by atoms with Crippen LogP contribution in [0.3, 0.4) is 0 Å². The molecule has 0 N–H and O–H groups in total. The molecule has 0 heterocycles. The third-order valence-corrected chi connectivity index (χ3v) is 7.80. The topological polar surface area (TPSA) is 86.7 Å². The Morgan fingerprint density at radius 3 is 0.792 bits per heavy atom. The second-order valence-electron chi connectivity index (χ2n) is 11.3. The van der Waals surface area contributed by atoms with Gasteiger partial charge in [0.25, 0.3) is 0 Å². The lowest BCUT2D eigenvalue weighted by molar-refractivity contribution is 0.101. The van der Waals surface area contributed by atoms with E-state index in [4.69, 9.17) is 9.47 Å². The molecule has 0 radical (unpaired) electrons. The van der Waals surface area contributed by atoms with Crippen LogP contribution in [-0.2, 0) is 0 Å². The molecule has 0 unspecified atom stereocenters. The summed E-state index contributed by atoms with van der Waals surface area (Å²) in [5.41, 5.74) is 4.79. The van der Waals surface area contributed by atoms with Gasteiger partial charge in [-0.2, -0.15) is 0 Å². The van der Waals surface area contributed by atoms with Crippen molar-refractivity contribution in [2.24, 2.45) is 0 Å². The average Bonchev–Trinajstić information content (AvgIpc) is 3.12. The first-order valence-corrected chi connectivity index (χ1v) is 15.3.